The Hall–Kier alpha value is -2.63. The molecule has 0 N–H and O–H groups in total. The lowest BCUT2D eigenvalue weighted by Gasteiger charge is -2.43. The molecule has 0 saturated heterocycles. The first-order chi connectivity index (χ1) is 17.3. The molecular formula is C30H29Cl2FO4. The van der Waals surface area contributed by atoms with Gasteiger partial charge in [-0.1, -0.05) is 57.0 Å². The molecule has 0 amide bonds. The van der Waals surface area contributed by atoms with Gasteiger partial charge in [-0.15, -0.1) is 0 Å². The van der Waals surface area contributed by atoms with Crippen molar-refractivity contribution in [3.05, 3.63) is 86.1 Å². The van der Waals surface area contributed by atoms with Crippen molar-refractivity contribution in [3.63, 3.8) is 0 Å². The molecule has 0 aromatic heterocycles. The summed E-state index contributed by atoms with van der Waals surface area (Å²) in [6.45, 7) is 8.04. The molecule has 3 aliphatic rings. The summed E-state index contributed by atoms with van der Waals surface area (Å²) >= 11 is 12.7. The standard InChI is InChI=1S/C30H29Cl2FO4/c1-29(2)11-21(34)27-24(13-29)37-25-14-30(3,4)12-22(35)28(25)26(27)17-10-16(31)8-9-23(17)36-15-18-19(32)6-5-7-20(18)33/h5-10,26H,11-15H2,1-4H3. The van der Waals surface area contributed by atoms with Gasteiger partial charge in [0.25, 0.3) is 0 Å². The van der Waals surface area contributed by atoms with Crippen molar-refractivity contribution in [1.82, 2.24) is 0 Å². The Kier molecular flexibility index (Phi) is 6.52. The van der Waals surface area contributed by atoms with Crippen LogP contribution in [0.1, 0.15) is 70.4 Å². The fourth-order valence-electron chi connectivity index (χ4n) is 5.68. The summed E-state index contributed by atoms with van der Waals surface area (Å²) in [5.74, 6) is 0.378. The minimum Gasteiger partial charge on any atom is -0.488 e. The molecule has 0 unspecified atom stereocenters. The van der Waals surface area contributed by atoms with Gasteiger partial charge in [0.15, 0.2) is 11.6 Å². The molecule has 2 aromatic carbocycles. The highest BCUT2D eigenvalue weighted by atomic mass is 35.5. The zero-order valence-corrected chi connectivity index (χ0v) is 22.9. The molecule has 0 radical (unpaired) electrons. The molecule has 0 saturated carbocycles. The summed E-state index contributed by atoms with van der Waals surface area (Å²) < 4.78 is 26.9. The minimum atomic E-state index is -0.671. The van der Waals surface area contributed by atoms with Gasteiger partial charge < -0.3 is 9.47 Å². The molecule has 0 bridgehead atoms. The van der Waals surface area contributed by atoms with Crippen LogP contribution in [0.25, 0.3) is 0 Å². The van der Waals surface area contributed by atoms with Crippen molar-refractivity contribution in [3.8, 4) is 5.75 Å². The van der Waals surface area contributed by atoms with Crippen LogP contribution < -0.4 is 4.74 Å². The van der Waals surface area contributed by atoms with Crippen LogP contribution in [0.15, 0.2) is 59.1 Å². The molecule has 5 rings (SSSR count). The predicted molar refractivity (Wildman–Crippen MR) is 141 cm³/mol. The van der Waals surface area contributed by atoms with Crippen LogP contribution in [0.4, 0.5) is 4.39 Å². The maximum atomic E-state index is 14.5. The Balaban J connectivity index is 1.65. The molecule has 0 spiro atoms. The van der Waals surface area contributed by atoms with Gasteiger partial charge in [0, 0.05) is 53.0 Å². The Labute approximate surface area is 226 Å². The van der Waals surface area contributed by atoms with E-state index in [1.54, 1.807) is 24.3 Å². The summed E-state index contributed by atoms with van der Waals surface area (Å²) in [5.41, 5.74) is 1.26. The first-order valence-corrected chi connectivity index (χ1v) is 13.2. The SMILES string of the molecule is CC1(C)CC(=O)C2=C(C1)OC1=C(C(=O)CC(C)(C)C1)C2c1cc(Cl)ccc1OCc1c(F)cccc1Cl. The second-order valence-corrected chi connectivity index (χ2v) is 12.6. The van der Waals surface area contributed by atoms with E-state index >= 15 is 0 Å². The second kappa shape index (κ2) is 9.28. The van der Waals surface area contributed by atoms with Crippen LogP contribution in [0.3, 0.4) is 0 Å². The van der Waals surface area contributed by atoms with Gasteiger partial charge in [0.1, 0.15) is 29.7 Å². The Morgan fingerprint density at radius 1 is 0.919 bits per heavy atom. The molecule has 0 fully saturated rings. The number of carbonyl (C=O) groups is 2. The molecule has 1 aliphatic heterocycles. The molecule has 7 heteroatoms. The Morgan fingerprint density at radius 3 is 2.08 bits per heavy atom. The summed E-state index contributed by atoms with van der Waals surface area (Å²) in [4.78, 5) is 27.2. The van der Waals surface area contributed by atoms with Crippen molar-refractivity contribution in [1.29, 1.82) is 0 Å². The summed E-state index contributed by atoms with van der Waals surface area (Å²) in [6.07, 6.45) is 1.85. The van der Waals surface area contributed by atoms with E-state index in [-0.39, 0.29) is 39.6 Å². The summed E-state index contributed by atoms with van der Waals surface area (Å²) in [6, 6.07) is 9.55. The van der Waals surface area contributed by atoms with Gasteiger partial charge >= 0.3 is 0 Å². The van der Waals surface area contributed by atoms with E-state index in [0.717, 1.165) is 0 Å². The van der Waals surface area contributed by atoms with Gasteiger partial charge in [0.2, 0.25) is 0 Å². The van der Waals surface area contributed by atoms with Crippen LogP contribution in [0, 0.1) is 16.6 Å². The molecule has 4 nitrogen and oxygen atoms in total. The largest absolute Gasteiger partial charge is 0.488 e. The maximum Gasteiger partial charge on any atom is 0.163 e. The molecule has 37 heavy (non-hydrogen) atoms. The number of hydrogen-bond donors (Lipinski definition) is 0. The number of ketones is 2. The van der Waals surface area contributed by atoms with E-state index in [1.165, 1.54) is 12.1 Å². The van der Waals surface area contributed by atoms with Crippen LogP contribution in [-0.2, 0) is 20.9 Å². The van der Waals surface area contributed by atoms with E-state index in [0.29, 0.717) is 64.7 Å². The first kappa shape index (κ1) is 26.0. The highest BCUT2D eigenvalue weighted by Gasteiger charge is 2.48. The number of rotatable bonds is 4. The van der Waals surface area contributed by atoms with Crippen molar-refractivity contribution in [2.24, 2.45) is 10.8 Å². The fraction of sp³-hybridized carbons (Fsp3) is 0.400. The number of hydrogen-bond acceptors (Lipinski definition) is 4. The van der Waals surface area contributed by atoms with Gasteiger partial charge in [-0.25, -0.2) is 4.39 Å². The van der Waals surface area contributed by atoms with E-state index in [9.17, 15) is 14.0 Å². The van der Waals surface area contributed by atoms with Gasteiger partial charge in [-0.2, -0.15) is 0 Å². The van der Waals surface area contributed by atoms with Crippen molar-refractivity contribution in [2.75, 3.05) is 0 Å². The van der Waals surface area contributed by atoms with Crippen molar-refractivity contribution >= 4 is 34.8 Å². The van der Waals surface area contributed by atoms with Crippen molar-refractivity contribution < 1.29 is 23.5 Å². The van der Waals surface area contributed by atoms with E-state index in [2.05, 4.69) is 0 Å². The third kappa shape index (κ3) is 4.96. The summed E-state index contributed by atoms with van der Waals surface area (Å²) in [5, 5.41) is 0.695. The summed E-state index contributed by atoms with van der Waals surface area (Å²) in [7, 11) is 0. The lowest BCUT2D eigenvalue weighted by atomic mass is 9.65. The topological polar surface area (TPSA) is 52.6 Å². The average molecular weight is 543 g/mol. The average Bonchev–Trinajstić information content (AvgIpc) is 2.76. The molecule has 0 atom stereocenters. The Morgan fingerprint density at radius 2 is 1.51 bits per heavy atom. The zero-order valence-electron chi connectivity index (χ0n) is 21.3. The molecule has 2 aromatic rings. The quantitative estimate of drug-likeness (QED) is 0.391. The minimum absolute atomic E-state index is 0.0523. The fourth-order valence-corrected chi connectivity index (χ4v) is 6.08. The first-order valence-electron chi connectivity index (χ1n) is 12.4. The monoisotopic (exact) mass is 542 g/mol. The number of ether oxygens (including phenoxy) is 2. The number of halogens is 3. The third-order valence-corrected chi connectivity index (χ3v) is 7.89. The van der Waals surface area contributed by atoms with Gasteiger partial charge in [-0.3, -0.25) is 9.59 Å². The molecule has 194 valence electrons. The van der Waals surface area contributed by atoms with E-state index < -0.39 is 11.7 Å². The number of allylic oxidation sites excluding steroid dienone is 4. The van der Waals surface area contributed by atoms with Gasteiger partial charge in [-0.05, 0) is 41.2 Å². The molecular weight excluding hydrogens is 514 g/mol. The van der Waals surface area contributed by atoms with Crippen LogP contribution >= 0.6 is 23.2 Å². The van der Waals surface area contributed by atoms with E-state index in [1.807, 2.05) is 27.7 Å². The zero-order chi connectivity index (χ0) is 26.7. The molecule has 1 heterocycles. The lowest BCUT2D eigenvalue weighted by Crippen LogP contribution is -2.37. The second-order valence-electron chi connectivity index (χ2n) is 11.8. The van der Waals surface area contributed by atoms with Crippen molar-refractivity contribution in [2.45, 2.75) is 65.9 Å². The number of benzene rings is 2. The predicted octanol–water partition coefficient (Wildman–Crippen LogP) is 8.11. The Bertz CT molecular complexity index is 1310. The van der Waals surface area contributed by atoms with Crippen LogP contribution in [0.5, 0.6) is 5.75 Å². The number of Topliss-reactive ketones (excluding diaryl/α,β-unsaturated/α-hetero) is 2. The third-order valence-electron chi connectivity index (χ3n) is 7.30. The van der Waals surface area contributed by atoms with E-state index in [4.69, 9.17) is 32.7 Å². The lowest BCUT2D eigenvalue weighted by molar-refractivity contribution is -0.120. The maximum absolute atomic E-state index is 14.5. The number of carbonyl (C=O) groups excluding carboxylic acids is 2. The molecule has 2 aliphatic carbocycles. The highest BCUT2D eigenvalue weighted by Crippen LogP contribution is 2.54. The van der Waals surface area contributed by atoms with Crippen LogP contribution in [-0.4, -0.2) is 11.6 Å². The normalized spacial score (nSPS) is 20.9. The highest BCUT2D eigenvalue weighted by molar-refractivity contribution is 6.31. The smallest absolute Gasteiger partial charge is 0.163 e. The van der Waals surface area contributed by atoms with Gasteiger partial charge in [0.05, 0.1) is 10.9 Å². The van der Waals surface area contributed by atoms with Crippen LogP contribution in [0.2, 0.25) is 10.0 Å².